The van der Waals surface area contributed by atoms with E-state index in [0.717, 1.165) is 41.6 Å². The van der Waals surface area contributed by atoms with Crippen molar-refractivity contribution in [1.29, 1.82) is 0 Å². The highest BCUT2D eigenvalue weighted by atomic mass is 16.5. The number of aromatic hydroxyl groups is 2. The summed E-state index contributed by atoms with van der Waals surface area (Å²) in [6.45, 7) is 0.945. The van der Waals surface area contributed by atoms with Crippen molar-refractivity contribution < 1.29 is 19.7 Å². The normalized spacial score (nSPS) is 18.7. The maximum absolute atomic E-state index is 10.8. The van der Waals surface area contributed by atoms with Gasteiger partial charge in [-0.05, 0) is 48.7 Å². The first-order valence-electron chi connectivity index (χ1n) is 8.09. The highest BCUT2D eigenvalue weighted by Crippen LogP contribution is 2.55. The Kier molecular flexibility index (Phi) is 3.35. The van der Waals surface area contributed by atoms with E-state index < -0.39 is 0 Å². The zero-order valence-electron chi connectivity index (χ0n) is 14.1. The number of likely N-dealkylation sites (N-methyl/N-ethyl adjacent to an activating group) is 1. The van der Waals surface area contributed by atoms with Crippen LogP contribution < -0.4 is 9.47 Å². The number of phenolic OH excluding ortho intramolecular Hbond substituents is 2. The van der Waals surface area contributed by atoms with E-state index in [1.54, 1.807) is 19.2 Å². The molecule has 0 fully saturated rings. The van der Waals surface area contributed by atoms with Gasteiger partial charge in [-0.2, -0.15) is 0 Å². The predicted octanol–water partition coefficient (Wildman–Crippen LogP) is 2.87. The Morgan fingerprint density at radius 2 is 1.88 bits per heavy atom. The van der Waals surface area contributed by atoms with Gasteiger partial charge in [-0.25, -0.2) is 0 Å². The highest BCUT2D eigenvalue weighted by molar-refractivity contribution is 5.88. The first-order chi connectivity index (χ1) is 11.6. The molecule has 0 saturated carbocycles. The molecule has 0 spiro atoms. The first kappa shape index (κ1) is 15.1. The second-order valence-electron chi connectivity index (χ2n) is 6.48. The quantitative estimate of drug-likeness (QED) is 0.888. The lowest BCUT2D eigenvalue weighted by molar-refractivity contribution is 0.226. The lowest BCUT2D eigenvalue weighted by Gasteiger charge is -2.40. The van der Waals surface area contributed by atoms with Gasteiger partial charge in [-0.1, -0.05) is 6.07 Å². The summed E-state index contributed by atoms with van der Waals surface area (Å²) in [4.78, 5) is 2.33. The van der Waals surface area contributed by atoms with Gasteiger partial charge in [0.15, 0.2) is 23.0 Å². The Morgan fingerprint density at radius 3 is 2.58 bits per heavy atom. The molecule has 126 valence electrons. The van der Waals surface area contributed by atoms with Crippen molar-refractivity contribution in [2.45, 2.75) is 18.9 Å². The fourth-order valence-corrected chi connectivity index (χ4v) is 4.13. The fourth-order valence-electron chi connectivity index (χ4n) is 4.13. The first-order valence-corrected chi connectivity index (χ1v) is 8.09. The molecular formula is C19H21NO4. The van der Waals surface area contributed by atoms with Crippen molar-refractivity contribution in [3.8, 4) is 34.1 Å². The van der Waals surface area contributed by atoms with E-state index in [1.165, 1.54) is 7.11 Å². The minimum atomic E-state index is 0.104. The SMILES string of the molecule is COc1ccc2c(c1O)-c1c(OC)c(O)cc3c1[C@H](C2)N(C)CC3. The van der Waals surface area contributed by atoms with Crippen LogP contribution in [0.5, 0.6) is 23.0 Å². The van der Waals surface area contributed by atoms with Crippen molar-refractivity contribution in [3.63, 3.8) is 0 Å². The molecule has 0 saturated heterocycles. The summed E-state index contributed by atoms with van der Waals surface area (Å²) in [5.74, 6) is 1.06. The minimum Gasteiger partial charge on any atom is -0.504 e. The van der Waals surface area contributed by atoms with Gasteiger partial charge < -0.3 is 19.7 Å². The molecule has 24 heavy (non-hydrogen) atoms. The summed E-state index contributed by atoms with van der Waals surface area (Å²) in [5.41, 5.74) is 4.81. The van der Waals surface area contributed by atoms with Gasteiger partial charge in [-0.15, -0.1) is 0 Å². The van der Waals surface area contributed by atoms with Crippen molar-refractivity contribution in [1.82, 2.24) is 4.90 Å². The molecule has 2 aromatic rings. The Morgan fingerprint density at radius 1 is 1.08 bits per heavy atom. The molecule has 2 N–H and O–H groups in total. The predicted molar refractivity (Wildman–Crippen MR) is 91.1 cm³/mol. The Labute approximate surface area is 141 Å². The largest absolute Gasteiger partial charge is 0.504 e. The molecule has 1 atom stereocenters. The molecule has 1 aliphatic heterocycles. The van der Waals surface area contributed by atoms with E-state index >= 15 is 0 Å². The fraction of sp³-hybridized carbons (Fsp3) is 0.368. The number of fused-ring (bicyclic) bond motifs is 2. The van der Waals surface area contributed by atoms with Gasteiger partial charge in [0, 0.05) is 23.7 Å². The van der Waals surface area contributed by atoms with Crippen molar-refractivity contribution in [3.05, 3.63) is 34.9 Å². The van der Waals surface area contributed by atoms with Crippen LogP contribution >= 0.6 is 0 Å². The Balaban J connectivity index is 2.11. The highest BCUT2D eigenvalue weighted by Gasteiger charge is 2.37. The molecular weight excluding hydrogens is 306 g/mol. The van der Waals surface area contributed by atoms with E-state index in [-0.39, 0.29) is 17.5 Å². The summed E-state index contributed by atoms with van der Waals surface area (Å²) in [5, 5.41) is 21.2. The molecule has 5 heteroatoms. The third kappa shape index (κ3) is 1.91. The Hall–Kier alpha value is -2.40. The molecule has 0 unspecified atom stereocenters. The third-order valence-electron chi connectivity index (χ3n) is 5.30. The second-order valence-corrected chi connectivity index (χ2v) is 6.48. The standard InChI is InChI=1S/C19H21NO4/c1-20-7-6-11-9-13(21)19(24-3)17-15(11)12(20)8-10-4-5-14(23-2)18(22)16(10)17/h4-5,9,12,21-22H,6-8H2,1-3H3/t12-/m0/s1. The summed E-state index contributed by atoms with van der Waals surface area (Å²) in [6, 6.07) is 5.80. The average Bonchev–Trinajstić information content (AvgIpc) is 2.58. The van der Waals surface area contributed by atoms with Crippen LogP contribution in [-0.2, 0) is 12.8 Å². The molecule has 0 aromatic heterocycles. The molecule has 2 aliphatic rings. The lowest BCUT2D eigenvalue weighted by atomic mass is 9.76. The zero-order valence-corrected chi connectivity index (χ0v) is 14.1. The van der Waals surface area contributed by atoms with Crippen LogP contribution in [-0.4, -0.2) is 42.9 Å². The van der Waals surface area contributed by atoms with E-state index in [2.05, 4.69) is 11.9 Å². The van der Waals surface area contributed by atoms with Crippen LogP contribution in [0.25, 0.3) is 11.1 Å². The number of rotatable bonds is 2. The van der Waals surface area contributed by atoms with Crippen LogP contribution in [0.15, 0.2) is 18.2 Å². The van der Waals surface area contributed by atoms with Crippen LogP contribution in [0.1, 0.15) is 22.7 Å². The summed E-state index contributed by atoms with van der Waals surface area (Å²) >= 11 is 0. The maximum Gasteiger partial charge on any atom is 0.168 e. The van der Waals surface area contributed by atoms with Gasteiger partial charge in [0.25, 0.3) is 0 Å². The van der Waals surface area contributed by atoms with Crippen molar-refractivity contribution in [2.24, 2.45) is 0 Å². The second kappa shape index (κ2) is 5.31. The molecule has 0 radical (unpaired) electrons. The van der Waals surface area contributed by atoms with E-state index in [9.17, 15) is 10.2 Å². The number of hydrogen-bond acceptors (Lipinski definition) is 5. The average molecular weight is 327 g/mol. The summed E-state index contributed by atoms with van der Waals surface area (Å²) in [6.07, 6.45) is 1.68. The lowest BCUT2D eigenvalue weighted by Crippen LogP contribution is -2.35. The van der Waals surface area contributed by atoms with E-state index in [1.807, 2.05) is 6.07 Å². The van der Waals surface area contributed by atoms with E-state index in [4.69, 9.17) is 9.47 Å². The molecule has 4 rings (SSSR count). The third-order valence-corrected chi connectivity index (χ3v) is 5.30. The van der Waals surface area contributed by atoms with Crippen molar-refractivity contribution >= 4 is 0 Å². The smallest absolute Gasteiger partial charge is 0.168 e. The van der Waals surface area contributed by atoms with Crippen LogP contribution in [0, 0.1) is 0 Å². The van der Waals surface area contributed by atoms with Crippen LogP contribution in [0.4, 0.5) is 0 Å². The Bertz CT molecular complexity index is 831. The van der Waals surface area contributed by atoms with Gasteiger partial charge in [-0.3, -0.25) is 4.90 Å². The van der Waals surface area contributed by atoms with Gasteiger partial charge in [0.1, 0.15) is 0 Å². The number of phenols is 2. The zero-order chi connectivity index (χ0) is 17.0. The maximum atomic E-state index is 10.8. The van der Waals surface area contributed by atoms with Crippen molar-refractivity contribution in [2.75, 3.05) is 27.8 Å². The molecule has 0 bridgehead atoms. The van der Waals surface area contributed by atoms with Gasteiger partial charge >= 0.3 is 0 Å². The summed E-state index contributed by atoms with van der Waals surface area (Å²) in [7, 11) is 5.20. The van der Waals surface area contributed by atoms with Crippen LogP contribution in [0.3, 0.4) is 0 Å². The minimum absolute atomic E-state index is 0.104. The number of methoxy groups -OCH3 is 2. The number of benzene rings is 2. The van der Waals surface area contributed by atoms with Gasteiger partial charge in [0.2, 0.25) is 0 Å². The molecule has 5 nitrogen and oxygen atoms in total. The molecule has 0 amide bonds. The number of hydrogen-bond donors (Lipinski definition) is 2. The number of ether oxygens (including phenoxy) is 2. The molecule has 2 aromatic carbocycles. The van der Waals surface area contributed by atoms with E-state index in [0.29, 0.717) is 17.1 Å². The molecule has 1 heterocycles. The molecule has 1 aliphatic carbocycles. The van der Waals surface area contributed by atoms with Gasteiger partial charge in [0.05, 0.1) is 14.2 Å². The van der Waals surface area contributed by atoms with Crippen LogP contribution in [0.2, 0.25) is 0 Å². The summed E-state index contributed by atoms with van der Waals surface area (Å²) < 4.78 is 10.8. The topological polar surface area (TPSA) is 62.2 Å². The number of nitrogens with zero attached hydrogens (tertiary/aromatic N) is 1. The monoisotopic (exact) mass is 327 g/mol.